The van der Waals surface area contributed by atoms with E-state index in [4.69, 9.17) is 4.74 Å². The fourth-order valence-electron chi connectivity index (χ4n) is 2.81. The number of rotatable bonds is 2. The number of hydrogen-bond donors (Lipinski definition) is 0. The van der Waals surface area contributed by atoms with Crippen molar-refractivity contribution in [3.8, 4) is 0 Å². The molecule has 0 N–H and O–H groups in total. The molecule has 14 heavy (non-hydrogen) atoms. The maximum atomic E-state index is 5.59. The van der Waals surface area contributed by atoms with Crippen molar-refractivity contribution < 1.29 is 4.74 Å². The third-order valence-electron chi connectivity index (χ3n) is 3.60. The van der Waals surface area contributed by atoms with Crippen molar-refractivity contribution in [2.75, 3.05) is 20.2 Å². The molecule has 3 atom stereocenters. The number of ether oxygens (including phenoxy) is 1. The summed E-state index contributed by atoms with van der Waals surface area (Å²) in [5.74, 6) is 0. The van der Waals surface area contributed by atoms with Crippen molar-refractivity contribution in [2.24, 2.45) is 0 Å². The molecule has 1 heterocycles. The fraction of sp³-hybridized carbons (Fsp3) is 1.00. The summed E-state index contributed by atoms with van der Waals surface area (Å²) in [4.78, 5) is 3.33. The summed E-state index contributed by atoms with van der Waals surface area (Å²) in [6.45, 7) is 2.46. The molecule has 1 saturated heterocycles. The summed E-state index contributed by atoms with van der Waals surface area (Å²) in [5, 5.41) is 0. The van der Waals surface area contributed by atoms with Gasteiger partial charge in [-0.3, -0.25) is 4.90 Å². The molecule has 3 unspecified atom stereocenters. The van der Waals surface area contributed by atoms with Gasteiger partial charge in [0.1, 0.15) is 0 Å². The van der Waals surface area contributed by atoms with Crippen LogP contribution in [0.3, 0.4) is 0 Å². The van der Waals surface area contributed by atoms with Crippen molar-refractivity contribution >= 4 is 15.9 Å². The first-order valence-corrected chi connectivity index (χ1v) is 6.63. The van der Waals surface area contributed by atoms with Gasteiger partial charge in [-0.25, -0.2) is 0 Å². The number of nitrogens with zero attached hydrogens (tertiary/aromatic N) is 1. The minimum Gasteiger partial charge on any atom is -0.380 e. The Morgan fingerprint density at radius 2 is 2.00 bits per heavy atom. The van der Waals surface area contributed by atoms with E-state index in [0.717, 1.165) is 0 Å². The molecular formula is C11H20BrNO. The zero-order valence-electron chi connectivity index (χ0n) is 8.92. The van der Waals surface area contributed by atoms with E-state index in [-0.39, 0.29) is 0 Å². The van der Waals surface area contributed by atoms with Crippen LogP contribution in [-0.4, -0.2) is 42.1 Å². The van der Waals surface area contributed by atoms with Crippen LogP contribution in [0, 0.1) is 0 Å². The molecule has 0 aromatic carbocycles. The molecule has 0 spiro atoms. The highest BCUT2D eigenvalue weighted by atomic mass is 79.9. The lowest BCUT2D eigenvalue weighted by molar-refractivity contribution is -0.00258. The first kappa shape index (κ1) is 10.9. The minimum absolute atomic E-state index is 0.488. The maximum Gasteiger partial charge on any atom is 0.0726 e. The van der Waals surface area contributed by atoms with Gasteiger partial charge < -0.3 is 4.74 Å². The van der Waals surface area contributed by atoms with Crippen LogP contribution in [0.5, 0.6) is 0 Å². The van der Waals surface area contributed by atoms with Gasteiger partial charge in [-0.05, 0) is 25.8 Å². The predicted octanol–water partition coefficient (Wildman–Crippen LogP) is 2.41. The lowest BCUT2D eigenvalue weighted by Crippen LogP contribution is -2.45. The number of likely N-dealkylation sites (tertiary alicyclic amines) is 1. The molecule has 2 rings (SSSR count). The highest BCUT2D eigenvalue weighted by Crippen LogP contribution is 2.29. The molecule has 1 saturated carbocycles. The summed E-state index contributed by atoms with van der Waals surface area (Å²) in [5.41, 5.74) is 0. The smallest absolute Gasteiger partial charge is 0.0726 e. The van der Waals surface area contributed by atoms with E-state index in [2.05, 4.69) is 20.8 Å². The lowest BCUT2D eigenvalue weighted by Gasteiger charge is -2.37. The zero-order chi connectivity index (χ0) is 9.97. The predicted molar refractivity (Wildman–Crippen MR) is 62.0 cm³/mol. The normalized spacial score (nSPS) is 40.3. The Labute approximate surface area is 95.1 Å². The molecule has 82 valence electrons. The van der Waals surface area contributed by atoms with Gasteiger partial charge in [-0.2, -0.15) is 0 Å². The van der Waals surface area contributed by atoms with Crippen LogP contribution in [0.15, 0.2) is 0 Å². The Morgan fingerprint density at radius 3 is 2.64 bits per heavy atom. The van der Waals surface area contributed by atoms with Crippen molar-refractivity contribution in [1.82, 2.24) is 4.90 Å². The van der Waals surface area contributed by atoms with Gasteiger partial charge in [-0.15, -0.1) is 0 Å². The van der Waals surface area contributed by atoms with Crippen LogP contribution in [0.1, 0.15) is 32.1 Å². The van der Waals surface area contributed by atoms with Crippen molar-refractivity contribution in [3.63, 3.8) is 0 Å². The van der Waals surface area contributed by atoms with E-state index in [1.165, 1.54) is 45.2 Å². The van der Waals surface area contributed by atoms with E-state index >= 15 is 0 Å². The highest BCUT2D eigenvalue weighted by Gasteiger charge is 2.33. The summed E-state index contributed by atoms with van der Waals surface area (Å²) in [6, 6.07) is 0.691. The van der Waals surface area contributed by atoms with Gasteiger partial charge in [0.15, 0.2) is 0 Å². The van der Waals surface area contributed by atoms with Crippen molar-refractivity contribution in [2.45, 2.75) is 49.1 Å². The summed E-state index contributed by atoms with van der Waals surface area (Å²) in [7, 11) is 1.87. The number of hydrogen-bond acceptors (Lipinski definition) is 2. The largest absolute Gasteiger partial charge is 0.380 e. The van der Waals surface area contributed by atoms with Crippen molar-refractivity contribution in [3.05, 3.63) is 0 Å². The second-order valence-corrected chi connectivity index (χ2v) is 5.80. The van der Waals surface area contributed by atoms with Crippen LogP contribution < -0.4 is 0 Å². The van der Waals surface area contributed by atoms with Gasteiger partial charge in [0.05, 0.1) is 6.10 Å². The zero-order valence-corrected chi connectivity index (χ0v) is 10.5. The van der Waals surface area contributed by atoms with Gasteiger partial charge in [0.2, 0.25) is 0 Å². The van der Waals surface area contributed by atoms with Gasteiger partial charge in [0, 0.05) is 24.5 Å². The second kappa shape index (κ2) is 4.95. The molecule has 2 aliphatic rings. The van der Waals surface area contributed by atoms with Gasteiger partial charge in [-0.1, -0.05) is 28.8 Å². The number of methoxy groups -OCH3 is 1. The first-order chi connectivity index (χ1) is 6.81. The fourth-order valence-corrected chi connectivity index (χ4v) is 3.39. The summed E-state index contributed by atoms with van der Waals surface area (Å²) >= 11 is 3.70. The van der Waals surface area contributed by atoms with Crippen LogP contribution in [-0.2, 0) is 4.74 Å². The molecule has 0 aromatic heterocycles. The average molecular weight is 262 g/mol. The number of halogens is 1. The molecule has 2 nitrogen and oxygen atoms in total. The standard InChI is InChI=1S/C11H20BrNO/c1-14-11-5-3-2-4-10(11)13-7-6-9(12)8-13/h9-11H,2-8H2,1H3. The molecule has 2 fully saturated rings. The summed E-state index contributed by atoms with van der Waals surface area (Å²) in [6.07, 6.45) is 7.10. The number of alkyl halides is 1. The third kappa shape index (κ3) is 2.31. The van der Waals surface area contributed by atoms with Gasteiger partial charge in [0.25, 0.3) is 0 Å². The maximum absolute atomic E-state index is 5.59. The topological polar surface area (TPSA) is 12.5 Å². The van der Waals surface area contributed by atoms with E-state index < -0.39 is 0 Å². The SMILES string of the molecule is COC1CCCCC1N1CCC(Br)C1. The molecule has 1 aliphatic carbocycles. The second-order valence-electron chi connectivity index (χ2n) is 4.51. The Bertz CT molecular complexity index is 188. The van der Waals surface area contributed by atoms with E-state index in [0.29, 0.717) is 17.0 Å². The molecule has 3 heteroatoms. The third-order valence-corrected chi connectivity index (χ3v) is 4.35. The van der Waals surface area contributed by atoms with Crippen molar-refractivity contribution in [1.29, 1.82) is 0 Å². The van der Waals surface area contributed by atoms with Crippen LogP contribution in [0.4, 0.5) is 0 Å². The molecular weight excluding hydrogens is 242 g/mol. The molecule has 0 aromatic rings. The lowest BCUT2D eigenvalue weighted by atomic mass is 9.91. The quantitative estimate of drug-likeness (QED) is 0.709. The Balaban J connectivity index is 1.93. The average Bonchev–Trinajstić information content (AvgIpc) is 2.65. The van der Waals surface area contributed by atoms with Crippen LogP contribution in [0.2, 0.25) is 0 Å². The first-order valence-electron chi connectivity index (χ1n) is 5.72. The van der Waals surface area contributed by atoms with E-state index in [1.807, 2.05) is 7.11 Å². The molecule has 0 bridgehead atoms. The minimum atomic E-state index is 0.488. The Morgan fingerprint density at radius 1 is 1.21 bits per heavy atom. The highest BCUT2D eigenvalue weighted by molar-refractivity contribution is 9.09. The van der Waals surface area contributed by atoms with E-state index in [9.17, 15) is 0 Å². The molecule has 0 amide bonds. The monoisotopic (exact) mass is 261 g/mol. The Kier molecular flexibility index (Phi) is 3.86. The Hall–Kier alpha value is 0.400. The summed E-state index contributed by atoms with van der Waals surface area (Å²) < 4.78 is 5.59. The van der Waals surface area contributed by atoms with Crippen LogP contribution in [0.25, 0.3) is 0 Å². The van der Waals surface area contributed by atoms with E-state index in [1.54, 1.807) is 0 Å². The molecule has 0 radical (unpaired) electrons. The van der Waals surface area contributed by atoms with Gasteiger partial charge >= 0.3 is 0 Å². The van der Waals surface area contributed by atoms with Crippen LogP contribution >= 0.6 is 15.9 Å². The molecule has 1 aliphatic heterocycles.